The molecule has 0 fully saturated rings. The first-order valence-electron chi connectivity index (χ1n) is 8.91. The van der Waals surface area contributed by atoms with E-state index < -0.39 is 0 Å². The number of rotatable bonds is 7. The lowest BCUT2D eigenvalue weighted by molar-refractivity contribution is 0.0783. The molecule has 0 aliphatic heterocycles. The number of hydrogen-bond acceptors (Lipinski definition) is 3. The zero-order chi connectivity index (χ0) is 20.1. The third kappa shape index (κ3) is 4.98. The summed E-state index contributed by atoms with van der Waals surface area (Å²) in [4.78, 5) is 14.3. The largest absolute Gasteiger partial charge is 0.489 e. The fourth-order valence-electron chi connectivity index (χ4n) is 2.66. The quantitative estimate of drug-likeness (QED) is 0.531. The summed E-state index contributed by atoms with van der Waals surface area (Å²) >= 11 is 3.49. The van der Waals surface area contributed by atoms with Crippen molar-refractivity contribution in [2.45, 2.75) is 26.6 Å². The van der Waals surface area contributed by atoms with Gasteiger partial charge in [0.15, 0.2) is 0 Å². The van der Waals surface area contributed by atoms with Crippen LogP contribution in [0.4, 0.5) is 4.39 Å². The molecule has 7 heteroatoms. The second-order valence-electron chi connectivity index (χ2n) is 6.38. The molecule has 5 nitrogen and oxygen atoms in total. The van der Waals surface area contributed by atoms with E-state index in [1.54, 1.807) is 36.2 Å². The summed E-state index contributed by atoms with van der Waals surface area (Å²) in [5.74, 6) is 0.218. The molecule has 0 unspecified atom stereocenters. The number of amides is 1. The van der Waals surface area contributed by atoms with Gasteiger partial charge < -0.3 is 9.64 Å². The fourth-order valence-corrected chi connectivity index (χ4v) is 3.11. The molecule has 0 aliphatic carbocycles. The first-order chi connectivity index (χ1) is 13.5. The van der Waals surface area contributed by atoms with Crippen LogP contribution in [-0.4, -0.2) is 27.6 Å². The van der Waals surface area contributed by atoms with Crippen molar-refractivity contribution < 1.29 is 13.9 Å². The Balaban J connectivity index is 1.59. The van der Waals surface area contributed by atoms with Crippen LogP contribution in [0.1, 0.15) is 28.5 Å². The maximum atomic E-state index is 12.9. The number of aromatic nitrogens is 2. The van der Waals surface area contributed by atoms with Crippen LogP contribution >= 0.6 is 15.9 Å². The van der Waals surface area contributed by atoms with E-state index in [1.807, 2.05) is 29.9 Å². The summed E-state index contributed by atoms with van der Waals surface area (Å²) in [6.45, 7) is 3.55. The number of carbonyl (C=O) groups is 1. The van der Waals surface area contributed by atoms with Crippen molar-refractivity contribution in [2.75, 3.05) is 7.05 Å². The van der Waals surface area contributed by atoms with Gasteiger partial charge in [-0.25, -0.2) is 4.39 Å². The van der Waals surface area contributed by atoms with Gasteiger partial charge in [0.05, 0.1) is 16.7 Å². The highest BCUT2D eigenvalue weighted by atomic mass is 79.9. The van der Waals surface area contributed by atoms with Gasteiger partial charge in [-0.3, -0.25) is 9.48 Å². The summed E-state index contributed by atoms with van der Waals surface area (Å²) in [7, 11) is 1.76. The zero-order valence-electron chi connectivity index (χ0n) is 15.7. The van der Waals surface area contributed by atoms with E-state index in [0.717, 1.165) is 22.3 Å². The molecule has 1 aromatic heterocycles. The molecular formula is C21H21BrFN3O2. The SMILES string of the molecule is CCn1cc(Br)c(CN(C)C(=O)c2ccc(COc3ccc(F)cc3)cc2)n1. The lowest BCUT2D eigenvalue weighted by Gasteiger charge is -2.16. The minimum absolute atomic E-state index is 0.0797. The first-order valence-corrected chi connectivity index (χ1v) is 9.70. The van der Waals surface area contributed by atoms with Crippen LogP contribution in [0.2, 0.25) is 0 Å². The maximum absolute atomic E-state index is 12.9. The third-order valence-corrected chi connectivity index (χ3v) is 4.93. The van der Waals surface area contributed by atoms with Gasteiger partial charge in [0.1, 0.15) is 18.2 Å². The molecule has 0 spiro atoms. The Morgan fingerprint density at radius 3 is 2.46 bits per heavy atom. The Morgan fingerprint density at radius 2 is 1.86 bits per heavy atom. The highest BCUT2D eigenvalue weighted by Crippen LogP contribution is 2.18. The Morgan fingerprint density at radius 1 is 1.18 bits per heavy atom. The molecule has 0 bridgehead atoms. The molecule has 0 atom stereocenters. The zero-order valence-corrected chi connectivity index (χ0v) is 17.3. The Labute approximate surface area is 171 Å². The number of nitrogens with zero attached hydrogens (tertiary/aromatic N) is 3. The number of hydrogen-bond donors (Lipinski definition) is 0. The highest BCUT2D eigenvalue weighted by Gasteiger charge is 2.15. The van der Waals surface area contributed by atoms with Crippen molar-refractivity contribution in [3.8, 4) is 5.75 Å². The van der Waals surface area contributed by atoms with Gasteiger partial charge in [-0.15, -0.1) is 0 Å². The van der Waals surface area contributed by atoms with Crippen LogP contribution < -0.4 is 4.74 Å². The van der Waals surface area contributed by atoms with E-state index in [9.17, 15) is 9.18 Å². The fraction of sp³-hybridized carbons (Fsp3) is 0.238. The summed E-state index contributed by atoms with van der Waals surface area (Å²) in [5.41, 5.74) is 2.34. The molecule has 3 rings (SSSR count). The van der Waals surface area contributed by atoms with E-state index in [-0.39, 0.29) is 11.7 Å². The second-order valence-corrected chi connectivity index (χ2v) is 7.23. The lowest BCUT2D eigenvalue weighted by Crippen LogP contribution is -2.26. The van der Waals surface area contributed by atoms with Gasteiger partial charge in [-0.1, -0.05) is 12.1 Å². The molecule has 1 amide bonds. The molecule has 0 saturated carbocycles. The summed E-state index contributed by atoms with van der Waals surface area (Å²) in [6.07, 6.45) is 1.91. The second kappa shape index (κ2) is 9.01. The number of ether oxygens (including phenoxy) is 1. The molecule has 0 radical (unpaired) electrons. The van der Waals surface area contributed by atoms with Crippen molar-refractivity contribution in [3.05, 3.63) is 81.8 Å². The average Bonchev–Trinajstić information content (AvgIpc) is 3.07. The lowest BCUT2D eigenvalue weighted by atomic mass is 10.1. The maximum Gasteiger partial charge on any atom is 0.253 e. The number of benzene rings is 2. The summed E-state index contributed by atoms with van der Waals surface area (Å²) < 4.78 is 21.3. The minimum Gasteiger partial charge on any atom is -0.489 e. The Hall–Kier alpha value is -2.67. The van der Waals surface area contributed by atoms with E-state index in [2.05, 4.69) is 21.0 Å². The van der Waals surface area contributed by atoms with Gasteiger partial charge in [0.25, 0.3) is 5.91 Å². The molecule has 146 valence electrons. The van der Waals surface area contributed by atoms with Crippen molar-refractivity contribution in [2.24, 2.45) is 0 Å². The van der Waals surface area contributed by atoms with Crippen LogP contribution in [0.25, 0.3) is 0 Å². The van der Waals surface area contributed by atoms with Crippen LogP contribution in [0, 0.1) is 5.82 Å². The Kier molecular flexibility index (Phi) is 6.46. The standard InChI is InChI=1S/C21H21BrFN3O2/c1-3-26-12-19(22)20(24-26)13-25(2)21(27)16-6-4-15(5-7-16)14-28-18-10-8-17(23)9-11-18/h4-12H,3,13-14H2,1-2H3. The predicted octanol–water partition coefficient (Wildman–Crippen LogP) is 4.66. The van der Waals surface area contributed by atoms with Gasteiger partial charge in [-0.2, -0.15) is 5.10 Å². The number of carbonyl (C=O) groups excluding carboxylic acids is 1. The molecule has 28 heavy (non-hydrogen) atoms. The van der Waals surface area contributed by atoms with Crippen molar-refractivity contribution in [1.82, 2.24) is 14.7 Å². The van der Waals surface area contributed by atoms with Gasteiger partial charge in [-0.05, 0) is 64.8 Å². The molecule has 0 saturated heterocycles. The number of aryl methyl sites for hydroxylation is 1. The Bertz CT molecular complexity index is 939. The monoisotopic (exact) mass is 445 g/mol. The van der Waals surface area contributed by atoms with E-state index in [4.69, 9.17) is 4.74 Å². The van der Waals surface area contributed by atoms with Gasteiger partial charge >= 0.3 is 0 Å². The smallest absolute Gasteiger partial charge is 0.253 e. The van der Waals surface area contributed by atoms with Crippen molar-refractivity contribution in [3.63, 3.8) is 0 Å². The molecule has 0 N–H and O–H groups in total. The van der Waals surface area contributed by atoms with E-state index in [0.29, 0.717) is 24.5 Å². The van der Waals surface area contributed by atoms with Crippen LogP contribution in [0.15, 0.2) is 59.2 Å². The molecule has 1 heterocycles. The summed E-state index contributed by atoms with van der Waals surface area (Å²) in [6, 6.07) is 13.1. The third-order valence-electron chi connectivity index (χ3n) is 4.26. The van der Waals surface area contributed by atoms with Gasteiger partial charge in [0, 0.05) is 25.4 Å². The summed E-state index contributed by atoms with van der Waals surface area (Å²) in [5, 5.41) is 4.45. The van der Waals surface area contributed by atoms with Crippen LogP contribution in [0.3, 0.4) is 0 Å². The normalized spacial score (nSPS) is 10.7. The van der Waals surface area contributed by atoms with Crippen molar-refractivity contribution in [1.29, 1.82) is 0 Å². The predicted molar refractivity (Wildman–Crippen MR) is 109 cm³/mol. The highest BCUT2D eigenvalue weighted by molar-refractivity contribution is 9.10. The van der Waals surface area contributed by atoms with Crippen LogP contribution in [-0.2, 0) is 19.7 Å². The molecular weight excluding hydrogens is 425 g/mol. The van der Waals surface area contributed by atoms with E-state index >= 15 is 0 Å². The molecule has 0 aliphatic rings. The molecule has 3 aromatic rings. The van der Waals surface area contributed by atoms with E-state index in [1.165, 1.54) is 12.1 Å². The van der Waals surface area contributed by atoms with Crippen molar-refractivity contribution >= 4 is 21.8 Å². The minimum atomic E-state index is -0.298. The average molecular weight is 446 g/mol. The van der Waals surface area contributed by atoms with Gasteiger partial charge in [0.2, 0.25) is 0 Å². The first kappa shape index (κ1) is 20.1. The topological polar surface area (TPSA) is 47.4 Å². The number of halogens is 2. The van der Waals surface area contributed by atoms with Crippen LogP contribution in [0.5, 0.6) is 5.75 Å². The molecule has 2 aromatic carbocycles.